The largest absolute Gasteiger partial charge is 0.504 e. The number of hydrogen-bond donors (Lipinski definition) is 7. The van der Waals surface area contributed by atoms with Gasteiger partial charge in [-0.15, -0.1) is 34.4 Å². The van der Waals surface area contributed by atoms with Gasteiger partial charge in [0.05, 0.1) is 12.1 Å². The molecule has 2 aromatic heterocycles. The average molecular weight is 751 g/mol. The van der Waals surface area contributed by atoms with Crippen LogP contribution in [-0.2, 0) is 35.2 Å². The molecule has 4 heterocycles. The number of nitrogens with zero attached hydrogens (tertiary/aromatic N) is 4. The first-order valence-electron chi connectivity index (χ1n) is 13.9. The number of phenols is 2. The summed E-state index contributed by atoms with van der Waals surface area (Å²) in [5.41, 5.74) is 4.21. The monoisotopic (exact) mass is 750 g/mol. The molecular weight excluding hydrogens is 725 g/mol. The van der Waals surface area contributed by atoms with Crippen LogP contribution in [-0.4, -0.2) is 104 Å². The summed E-state index contributed by atoms with van der Waals surface area (Å²) in [5.74, 6) is -5.98. The molecule has 2 aliphatic rings. The van der Waals surface area contributed by atoms with Gasteiger partial charge in [-0.1, -0.05) is 16.9 Å². The Morgan fingerprint density at radius 1 is 1.16 bits per heavy atom. The molecule has 5 rings (SSSR count). The van der Waals surface area contributed by atoms with Crippen LogP contribution in [0.3, 0.4) is 0 Å². The molecule has 8 N–H and O–H groups in total. The standard InChI is InChI=1S/C28H26N6O11S4/c1-28(2,25(43)44)45-33-18(12-9-47-26(29)30-12)21(39)31-19-22(40)34-20(24(41)42)11(7-46-23(19)34)8-48-27-32-17(15(49-27)6-16(37)38)10-3-4-13(35)14(36)5-10/h3-5,9,19,23,35-36H,6-8H2,1-2H3,(H2,29,30)(H,31,39)(H,37,38)(H,41,42)(H,43,44)/t19-,23-/m1/s1. The summed E-state index contributed by atoms with van der Waals surface area (Å²) in [6.07, 6.45) is -0.364. The number of rotatable bonds is 13. The van der Waals surface area contributed by atoms with Gasteiger partial charge in [-0.05, 0) is 37.6 Å². The highest BCUT2D eigenvalue weighted by Crippen LogP contribution is 2.43. The summed E-state index contributed by atoms with van der Waals surface area (Å²) in [4.78, 5) is 77.1. The third kappa shape index (κ3) is 7.43. The van der Waals surface area contributed by atoms with E-state index in [0.717, 1.165) is 39.3 Å². The Hall–Kier alpha value is -4.86. The molecule has 49 heavy (non-hydrogen) atoms. The average Bonchev–Trinajstić information content (AvgIpc) is 3.64. The Labute approximate surface area is 292 Å². The van der Waals surface area contributed by atoms with Gasteiger partial charge < -0.3 is 41.4 Å². The topological polar surface area (TPSA) is 275 Å². The predicted molar refractivity (Wildman–Crippen MR) is 178 cm³/mol. The number of carbonyl (C=O) groups is 5. The molecule has 0 bridgehead atoms. The lowest BCUT2D eigenvalue weighted by Gasteiger charge is -2.49. The second-order valence-corrected chi connectivity index (χ2v) is 15.2. The van der Waals surface area contributed by atoms with E-state index in [1.165, 1.54) is 49.2 Å². The molecule has 2 amide bonds. The minimum Gasteiger partial charge on any atom is -0.504 e. The zero-order chi connectivity index (χ0) is 35.8. The molecule has 0 aliphatic carbocycles. The van der Waals surface area contributed by atoms with Crippen LogP contribution in [0.25, 0.3) is 11.3 Å². The number of carboxylic acids is 3. The maximum absolute atomic E-state index is 13.3. The van der Waals surface area contributed by atoms with Gasteiger partial charge in [0, 0.05) is 27.3 Å². The number of carboxylic acid groups (broad SMARTS) is 3. The molecule has 17 nitrogen and oxygen atoms in total. The highest BCUT2D eigenvalue weighted by Gasteiger charge is 2.54. The van der Waals surface area contributed by atoms with Crippen LogP contribution >= 0.6 is 46.2 Å². The van der Waals surface area contributed by atoms with Crippen LogP contribution < -0.4 is 11.1 Å². The van der Waals surface area contributed by atoms with Crippen molar-refractivity contribution < 1.29 is 54.3 Å². The minimum atomic E-state index is -1.81. The molecule has 0 radical (unpaired) electrons. The second-order valence-electron chi connectivity index (χ2n) is 10.9. The van der Waals surface area contributed by atoms with Crippen LogP contribution in [0.4, 0.5) is 5.13 Å². The number of phenolic OH excluding ortho intramolecular Hbond substituents is 2. The number of aliphatic carboxylic acids is 3. The first-order valence-corrected chi connectivity index (χ1v) is 17.6. The van der Waals surface area contributed by atoms with Gasteiger partial charge in [0.1, 0.15) is 22.8 Å². The molecular formula is C28H26N6O11S4. The molecule has 3 aromatic rings. The van der Waals surface area contributed by atoms with Crippen molar-refractivity contribution in [2.24, 2.45) is 5.16 Å². The Morgan fingerprint density at radius 2 is 1.90 bits per heavy atom. The number of β-lactam (4-membered cyclic amide) rings is 1. The maximum atomic E-state index is 13.3. The summed E-state index contributed by atoms with van der Waals surface area (Å²) < 4.78 is 0.408. The fourth-order valence-corrected chi connectivity index (χ4v) is 8.73. The SMILES string of the molecule is CC(C)(ON=C(C(=O)N[C@@H]1C(=O)N2C(C(=O)O)=C(CSc3nc(-c4ccc(O)c(O)c4)c(CC(=O)O)s3)CS[C@H]12)c1csc(N)n1)C(=O)O. The molecule has 0 saturated carbocycles. The van der Waals surface area contributed by atoms with Crippen LogP contribution in [0, 0.1) is 0 Å². The van der Waals surface area contributed by atoms with E-state index in [4.69, 9.17) is 10.6 Å². The van der Waals surface area contributed by atoms with Gasteiger partial charge in [0.2, 0.25) is 5.60 Å². The summed E-state index contributed by atoms with van der Waals surface area (Å²) in [5, 5.41) is 55.4. The lowest BCUT2D eigenvalue weighted by molar-refractivity contribution is -0.161. The number of oxime groups is 1. The van der Waals surface area contributed by atoms with Crippen molar-refractivity contribution in [1.29, 1.82) is 0 Å². The number of thioether (sulfide) groups is 2. The van der Waals surface area contributed by atoms with E-state index in [2.05, 4.69) is 20.4 Å². The van der Waals surface area contributed by atoms with Crippen molar-refractivity contribution in [3.63, 3.8) is 0 Å². The number of nitrogens with one attached hydrogen (secondary N) is 1. The van der Waals surface area contributed by atoms with Crippen molar-refractivity contribution in [2.75, 3.05) is 17.2 Å². The summed E-state index contributed by atoms with van der Waals surface area (Å²) >= 11 is 4.42. The number of anilines is 1. The quantitative estimate of drug-likeness (QED) is 0.0433. The molecule has 258 valence electrons. The van der Waals surface area contributed by atoms with Gasteiger partial charge >= 0.3 is 17.9 Å². The van der Waals surface area contributed by atoms with Crippen LogP contribution in [0.2, 0.25) is 0 Å². The van der Waals surface area contributed by atoms with E-state index in [-0.39, 0.29) is 45.9 Å². The lowest BCUT2D eigenvalue weighted by atomic mass is 10.0. The van der Waals surface area contributed by atoms with Gasteiger partial charge in [-0.3, -0.25) is 19.3 Å². The number of nitrogen functional groups attached to an aromatic ring is 1. The summed E-state index contributed by atoms with van der Waals surface area (Å²) in [6.45, 7) is 2.43. The van der Waals surface area contributed by atoms with Gasteiger partial charge in [-0.25, -0.2) is 19.6 Å². The minimum absolute atomic E-state index is 0.0226. The summed E-state index contributed by atoms with van der Waals surface area (Å²) in [6, 6.07) is 2.82. The Balaban J connectivity index is 1.34. The zero-order valence-corrected chi connectivity index (χ0v) is 28.5. The van der Waals surface area contributed by atoms with Crippen molar-refractivity contribution in [3.8, 4) is 22.8 Å². The number of nitrogens with two attached hydrogens (primary N) is 1. The molecule has 2 atom stereocenters. The second kappa shape index (κ2) is 13.9. The Bertz CT molecular complexity index is 1940. The van der Waals surface area contributed by atoms with Gasteiger partial charge in [0.25, 0.3) is 11.8 Å². The number of hydrogen-bond acceptors (Lipinski definition) is 16. The van der Waals surface area contributed by atoms with E-state index < -0.39 is 58.2 Å². The predicted octanol–water partition coefficient (Wildman–Crippen LogP) is 2.00. The molecule has 2 aliphatic heterocycles. The van der Waals surface area contributed by atoms with E-state index in [0.29, 0.717) is 20.4 Å². The molecule has 1 aromatic carbocycles. The fraction of sp³-hybridized carbons (Fsp3) is 0.286. The number of amides is 2. The molecule has 1 fully saturated rings. The molecule has 0 spiro atoms. The number of carbonyl (C=O) groups excluding carboxylic acids is 2. The van der Waals surface area contributed by atoms with Crippen molar-refractivity contribution in [3.05, 3.63) is 45.4 Å². The van der Waals surface area contributed by atoms with Gasteiger partial charge in [0.15, 0.2) is 26.7 Å². The van der Waals surface area contributed by atoms with E-state index in [9.17, 15) is 49.5 Å². The number of fused-ring (bicyclic) bond motifs is 1. The van der Waals surface area contributed by atoms with Crippen molar-refractivity contribution >= 4 is 86.8 Å². The zero-order valence-electron chi connectivity index (χ0n) is 25.3. The summed E-state index contributed by atoms with van der Waals surface area (Å²) in [7, 11) is 0. The lowest BCUT2D eigenvalue weighted by Crippen LogP contribution is -2.71. The first-order chi connectivity index (χ1) is 23.1. The van der Waals surface area contributed by atoms with Gasteiger partial charge in [-0.2, -0.15) is 0 Å². The highest BCUT2D eigenvalue weighted by molar-refractivity contribution is 8.01. The third-order valence-corrected chi connectivity index (χ3v) is 11.3. The molecule has 1 saturated heterocycles. The maximum Gasteiger partial charge on any atom is 0.352 e. The van der Waals surface area contributed by atoms with E-state index >= 15 is 0 Å². The number of benzene rings is 1. The third-order valence-electron chi connectivity index (χ3n) is 7.00. The molecule has 21 heteroatoms. The molecule has 0 unspecified atom stereocenters. The van der Waals surface area contributed by atoms with Crippen LogP contribution in [0.5, 0.6) is 11.5 Å². The fourth-order valence-electron chi connectivity index (χ4n) is 4.50. The van der Waals surface area contributed by atoms with Crippen LogP contribution in [0.1, 0.15) is 24.4 Å². The number of thiazole rings is 2. The van der Waals surface area contributed by atoms with E-state index in [1.54, 1.807) is 0 Å². The Kier molecular flexibility index (Phi) is 10.1. The first kappa shape index (κ1) is 35.4. The number of aromatic hydroxyl groups is 2. The van der Waals surface area contributed by atoms with Crippen molar-refractivity contribution in [2.45, 2.75) is 41.6 Å². The van der Waals surface area contributed by atoms with E-state index in [1.807, 2.05) is 0 Å². The smallest absolute Gasteiger partial charge is 0.352 e. The Morgan fingerprint density at radius 3 is 2.51 bits per heavy atom. The normalized spacial score (nSPS) is 17.7. The number of aromatic nitrogens is 2. The highest BCUT2D eigenvalue weighted by atomic mass is 32.2. The van der Waals surface area contributed by atoms with Crippen molar-refractivity contribution in [1.82, 2.24) is 20.2 Å². The van der Waals surface area contributed by atoms with Crippen LogP contribution in [0.15, 0.2) is 44.3 Å².